The minimum Gasteiger partial charge on any atom is -0.495 e. The maximum atomic E-state index is 14.5. The van der Waals surface area contributed by atoms with Gasteiger partial charge in [-0.25, -0.2) is 4.98 Å². The van der Waals surface area contributed by atoms with E-state index in [0.717, 1.165) is 11.1 Å². The summed E-state index contributed by atoms with van der Waals surface area (Å²) in [5.74, 6) is 0.0721. The molecule has 250 valence electrons. The van der Waals surface area contributed by atoms with Crippen LogP contribution in [0.3, 0.4) is 0 Å². The molecule has 2 amide bonds. The molecule has 5 aromatic rings. The van der Waals surface area contributed by atoms with Gasteiger partial charge >= 0.3 is 0 Å². The lowest BCUT2D eigenvalue weighted by Crippen LogP contribution is -2.25. The normalized spacial score (nSPS) is 10.7. The molecule has 11 nitrogen and oxygen atoms in total. The molecule has 49 heavy (non-hydrogen) atoms. The second-order valence-corrected chi connectivity index (χ2v) is 11.5. The van der Waals surface area contributed by atoms with Gasteiger partial charge in [-0.15, -0.1) is 0 Å². The third kappa shape index (κ3) is 6.99. The van der Waals surface area contributed by atoms with Gasteiger partial charge in [0.1, 0.15) is 17.1 Å². The lowest BCUT2D eigenvalue weighted by Gasteiger charge is -2.18. The van der Waals surface area contributed by atoms with E-state index < -0.39 is 5.56 Å². The Balaban J connectivity index is 1.70. The average molecular weight is 700 g/mol. The molecular weight excluding hydrogens is 667 g/mol. The first kappa shape index (κ1) is 34.7. The Bertz CT molecular complexity index is 2150. The van der Waals surface area contributed by atoms with Crippen molar-refractivity contribution < 1.29 is 19.1 Å². The quantitative estimate of drug-likeness (QED) is 0.139. The van der Waals surface area contributed by atoms with Crippen molar-refractivity contribution in [3.8, 4) is 22.6 Å². The van der Waals surface area contributed by atoms with Crippen LogP contribution in [0.25, 0.3) is 22.2 Å². The van der Waals surface area contributed by atoms with Gasteiger partial charge in [0.2, 0.25) is 17.8 Å². The second-order valence-electron chi connectivity index (χ2n) is 10.8. The maximum Gasteiger partial charge on any atom is 0.260 e. The summed E-state index contributed by atoms with van der Waals surface area (Å²) in [4.78, 5) is 49.5. The van der Waals surface area contributed by atoms with E-state index in [1.54, 1.807) is 49.6 Å². The molecular formula is C36H32Cl2N6O5. The molecule has 13 heteroatoms. The molecule has 0 fully saturated rings. The summed E-state index contributed by atoms with van der Waals surface area (Å²) in [6.45, 7) is 9.02. The molecule has 0 aliphatic rings. The number of nitrogens with zero attached hydrogens (tertiary/aromatic N) is 4. The summed E-state index contributed by atoms with van der Waals surface area (Å²) < 4.78 is 12.4. The number of hydrogen-bond donors (Lipinski definition) is 2. The average Bonchev–Trinajstić information content (AvgIpc) is 3.11. The zero-order valence-electron chi connectivity index (χ0n) is 27.1. The summed E-state index contributed by atoms with van der Waals surface area (Å²) in [6.07, 6.45) is 3.98. The van der Waals surface area contributed by atoms with Crippen molar-refractivity contribution in [2.45, 2.75) is 13.5 Å². The number of nitrogens with one attached hydrogen (secondary N) is 2. The van der Waals surface area contributed by atoms with E-state index >= 15 is 0 Å². The minimum absolute atomic E-state index is 0.0837. The van der Waals surface area contributed by atoms with Gasteiger partial charge in [-0.1, -0.05) is 60.6 Å². The topological polar surface area (TPSA) is 128 Å². The summed E-state index contributed by atoms with van der Waals surface area (Å²) in [5.41, 5.74) is 3.52. The number of likely N-dealkylation sites (N-methyl/N-ethyl adjacent to an activating group) is 1. The van der Waals surface area contributed by atoms with Crippen LogP contribution >= 0.6 is 23.2 Å². The second kappa shape index (κ2) is 14.6. The van der Waals surface area contributed by atoms with E-state index in [1.807, 2.05) is 25.1 Å². The molecule has 0 aliphatic heterocycles. The molecule has 2 aromatic heterocycles. The number of rotatable bonds is 11. The van der Waals surface area contributed by atoms with Crippen LogP contribution in [0.4, 0.5) is 23.0 Å². The van der Waals surface area contributed by atoms with Gasteiger partial charge in [-0.2, -0.15) is 4.98 Å². The van der Waals surface area contributed by atoms with Crippen LogP contribution in [0.1, 0.15) is 11.1 Å². The van der Waals surface area contributed by atoms with Crippen molar-refractivity contribution in [1.82, 2.24) is 14.5 Å². The van der Waals surface area contributed by atoms with Crippen LogP contribution in [0, 0.1) is 6.92 Å². The number of carbonyl (C=O) groups is 2. The van der Waals surface area contributed by atoms with Crippen molar-refractivity contribution >= 4 is 69.1 Å². The van der Waals surface area contributed by atoms with E-state index in [2.05, 4.69) is 28.8 Å². The lowest BCUT2D eigenvalue weighted by atomic mass is 10.0. The number of benzene rings is 3. The zero-order chi connectivity index (χ0) is 35.4. The van der Waals surface area contributed by atoms with Crippen molar-refractivity contribution in [2.75, 3.05) is 36.8 Å². The summed E-state index contributed by atoms with van der Waals surface area (Å²) in [6, 6.07) is 15.7. The predicted molar refractivity (Wildman–Crippen MR) is 195 cm³/mol. The number of hydrogen-bond acceptors (Lipinski definition) is 8. The Kier molecular flexibility index (Phi) is 10.4. The van der Waals surface area contributed by atoms with Crippen molar-refractivity contribution in [2.24, 2.45) is 0 Å². The van der Waals surface area contributed by atoms with E-state index in [-0.39, 0.29) is 57.0 Å². The fourth-order valence-electron chi connectivity index (χ4n) is 5.17. The first-order valence-electron chi connectivity index (χ1n) is 14.8. The van der Waals surface area contributed by atoms with Crippen molar-refractivity contribution in [3.05, 3.63) is 118 Å². The Labute approximate surface area is 292 Å². The molecule has 0 unspecified atom stereocenters. The number of ether oxygens (including phenoxy) is 2. The molecule has 0 aliphatic carbocycles. The highest BCUT2D eigenvalue weighted by molar-refractivity contribution is 6.41. The smallest absolute Gasteiger partial charge is 0.260 e. The highest BCUT2D eigenvalue weighted by Crippen LogP contribution is 2.45. The van der Waals surface area contributed by atoms with E-state index in [1.165, 1.54) is 35.8 Å². The zero-order valence-corrected chi connectivity index (χ0v) is 28.6. The molecule has 0 spiro atoms. The number of anilines is 4. The largest absolute Gasteiger partial charge is 0.495 e. The number of aromatic nitrogens is 3. The van der Waals surface area contributed by atoms with Crippen LogP contribution in [-0.4, -0.2) is 47.6 Å². The number of para-hydroxylation sites is 1. The predicted octanol–water partition coefficient (Wildman–Crippen LogP) is 7.16. The van der Waals surface area contributed by atoms with Gasteiger partial charge in [0.25, 0.3) is 5.56 Å². The van der Waals surface area contributed by atoms with Crippen LogP contribution < -0.4 is 30.6 Å². The maximum absolute atomic E-state index is 14.5. The number of aryl methyl sites for hydroxylation is 1. The fraction of sp³-hybridized carbons (Fsp3) is 0.139. The van der Waals surface area contributed by atoms with Crippen molar-refractivity contribution in [3.63, 3.8) is 0 Å². The number of carbonyl (C=O) groups excluding carboxylic acids is 2. The fourth-order valence-corrected chi connectivity index (χ4v) is 5.88. The highest BCUT2D eigenvalue weighted by Gasteiger charge is 2.24. The number of pyridine rings is 1. The standard InChI is InChI=1S/C36H32Cl2N6O5/c1-7-28(45)40-25-11-9-10-20(3)33(25)41-36-39-18-22-16-24(30-31(37)26(48-5)17-27(49-6)32(30)38)35(47)44(34(22)42-36)19-21-12-14-23(15-13-21)43(4)29(46)8-2/h7-18H,1-2,19H2,3-6H3,(H,40,45)(H,39,41,42). The van der Waals surface area contributed by atoms with E-state index in [9.17, 15) is 14.4 Å². The van der Waals surface area contributed by atoms with E-state index in [4.69, 9.17) is 37.7 Å². The first-order chi connectivity index (χ1) is 23.5. The molecule has 3 aromatic carbocycles. The molecule has 0 atom stereocenters. The van der Waals surface area contributed by atoms with Crippen LogP contribution in [0.2, 0.25) is 10.0 Å². The van der Waals surface area contributed by atoms with Gasteiger partial charge < -0.3 is 25.0 Å². The van der Waals surface area contributed by atoms with Gasteiger partial charge in [0.15, 0.2) is 0 Å². The Morgan fingerprint density at radius 3 is 2.29 bits per heavy atom. The number of amides is 2. The van der Waals surface area contributed by atoms with Crippen LogP contribution in [-0.2, 0) is 16.1 Å². The summed E-state index contributed by atoms with van der Waals surface area (Å²) in [7, 11) is 4.54. The van der Waals surface area contributed by atoms with Crippen molar-refractivity contribution in [1.29, 1.82) is 0 Å². The number of halogens is 2. The Morgan fingerprint density at radius 2 is 1.67 bits per heavy atom. The number of methoxy groups -OCH3 is 2. The molecule has 0 radical (unpaired) electrons. The molecule has 5 rings (SSSR count). The first-order valence-corrected chi connectivity index (χ1v) is 15.6. The van der Waals surface area contributed by atoms with Gasteiger partial charge in [-0.05, 0) is 54.5 Å². The highest BCUT2D eigenvalue weighted by atomic mass is 35.5. The van der Waals surface area contributed by atoms with Gasteiger partial charge in [-0.3, -0.25) is 19.0 Å². The molecule has 2 heterocycles. The molecule has 2 N–H and O–H groups in total. The van der Waals surface area contributed by atoms with Gasteiger partial charge in [0, 0.05) is 35.9 Å². The lowest BCUT2D eigenvalue weighted by molar-refractivity contribution is -0.114. The molecule has 0 saturated heterocycles. The monoisotopic (exact) mass is 698 g/mol. The molecule has 0 saturated carbocycles. The minimum atomic E-state index is -0.450. The third-order valence-electron chi connectivity index (χ3n) is 7.79. The molecule has 0 bridgehead atoms. The van der Waals surface area contributed by atoms with Crippen LogP contribution in [0.5, 0.6) is 11.5 Å². The Hall–Kier alpha value is -5.65. The summed E-state index contributed by atoms with van der Waals surface area (Å²) >= 11 is 13.5. The van der Waals surface area contributed by atoms with E-state index in [0.29, 0.717) is 28.1 Å². The van der Waals surface area contributed by atoms with Crippen LogP contribution in [0.15, 0.2) is 90.9 Å². The summed E-state index contributed by atoms with van der Waals surface area (Å²) in [5, 5.41) is 6.74. The van der Waals surface area contributed by atoms with Gasteiger partial charge in [0.05, 0.1) is 47.7 Å². The Morgan fingerprint density at radius 1 is 1.00 bits per heavy atom. The third-order valence-corrected chi connectivity index (χ3v) is 8.54. The SMILES string of the molecule is C=CC(=O)Nc1cccc(C)c1Nc1ncc2cc(-c3c(Cl)c(OC)cc(OC)c3Cl)c(=O)n(Cc3ccc(N(C)C(=O)C=C)cc3)c2n1. The number of fused-ring (bicyclic) bond motifs is 1.